The van der Waals surface area contributed by atoms with Crippen LogP contribution in [-0.4, -0.2) is 28.1 Å². The molecule has 1 aliphatic heterocycles. The number of benzene rings is 4. The second-order valence-electron chi connectivity index (χ2n) is 8.75. The first-order valence-electron chi connectivity index (χ1n) is 11.8. The lowest BCUT2D eigenvalue weighted by atomic mass is 9.96. The van der Waals surface area contributed by atoms with Crippen molar-refractivity contribution in [1.82, 2.24) is 5.32 Å². The lowest BCUT2D eigenvalue weighted by Crippen LogP contribution is -2.46. The molecular formula is C29H29N3O2S. The number of sulfone groups is 1. The molecule has 0 radical (unpaired) electrons. The smallest absolute Gasteiger partial charge is 0.206 e. The van der Waals surface area contributed by atoms with E-state index < -0.39 is 9.84 Å². The fourth-order valence-electron chi connectivity index (χ4n) is 4.67. The summed E-state index contributed by atoms with van der Waals surface area (Å²) in [6.07, 6.45) is 0. The maximum atomic E-state index is 13.0. The topological polar surface area (TPSA) is 75.4 Å². The molecular weight excluding hydrogens is 454 g/mol. The number of anilines is 1. The zero-order valence-electron chi connectivity index (χ0n) is 19.5. The average molecular weight is 484 g/mol. The van der Waals surface area contributed by atoms with E-state index in [1.165, 1.54) is 5.56 Å². The summed E-state index contributed by atoms with van der Waals surface area (Å²) in [5, 5.41) is 3.51. The van der Waals surface area contributed by atoms with E-state index >= 15 is 0 Å². The van der Waals surface area contributed by atoms with Crippen molar-refractivity contribution in [3.05, 3.63) is 114 Å². The van der Waals surface area contributed by atoms with Gasteiger partial charge in [0.05, 0.1) is 15.8 Å². The van der Waals surface area contributed by atoms with Crippen LogP contribution in [0.2, 0.25) is 0 Å². The van der Waals surface area contributed by atoms with Crippen LogP contribution >= 0.6 is 0 Å². The van der Waals surface area contributed by atoms with Gasteiger partial charge in [-0.1, -0.05) is 54.6 Å². The SMILES string of the molecule is NCc1cccc(-c2cccc(C3CNCCN3c3ccc(S(=O)(=O)c4ccccc4)cc3)c2)c1. The molecule has 0 bridgehead atoms. The monoisotopic (exact) mass is 483 g/mol. The zero-order chi connectivity index (χ0) is 24.3. The van der Waals surface area contributed by atoms with E-state index in [9.17, 15) is 8.42 Å². The highest BCUT2D eigenvalue weighted by atomic mass is 32.2. The van der Waals surface area contributed by atoms with Gasteiger partial charge >= 0.3 is 0 Å². The first-order chi connectivity index (χ1) is 17.1. The molecule has 6 heteroatoms. The van der Waals surface area contributed by atoms with Gasteiger partial charge in [-0.05, 0) is 70.8 Å². The molecule has 4 aromatic rings. The van der Waals surface area contributed by atoms with Crippen LogP contribution in [0.5, 0.6) is 0 Å². The molecule has 0 spiro atoms. The molecule has 1 fully saturated rings. The molecule has 0 aromatic heterocycles. The standard InChI is InChI=1S/C29H29N3O2S/c30-20-22-6-4-7-23(18-22)24-8-5-9-25(19-24)29-21-31-16-17-32(29)26-12-14-28(15-13-26)35(33,34)27-10-2-1-3-11-27/h1-15,18-19,29,31H,16-17,20-21,30H2. The van der Waals surface area contributed by atoms with E-state index in [2.05, 4.69) is 46.6 Å². The minimum Gasteiger partial charge on any atom is -0.362 e. The maximum absolute atomic E-state index is 13.0. The summed E-state index contributed by atoms with van der Waals surface area (Å²) in [5.74, 6) is 0. The van der Waals surface area contributed by atoms with E-state index in [1.54, 1.807) is 36.4 Å². The number of rotatable bonds is 6. The third kappa shape index (κ3) is 4.86. The van der Waals surface area contributed by atoms with Crippen LogP contribution in [0.25, 0.3) is 11.1 Å². The highest BCUT2D eigenvalue weighted by molar-refractivity contribution is 7.91. The van der Waals surface area contributed by atoms with E-state index in [1.807, 2.05) is 30.3 Å². The third-order valence-electron chi connectivity index (χ3n) is 6.54. The van der Waals surface area contributed by atoms with Gasteiger partial charge in [0.15, 0.2) is 0 Å². The molecule has 1 heterocycles. The lowest BCUT2D eigenvalue weighted by molar-refractivity contribution is 0.490. The number of nitrogens with one attached hydrogen (secondary N) is 1. The molecule has 1 saturated heterocycles. The predicted octanol–water partition coefficient (Wildman–Crippen LogP) is 4.80. The van der Waals surface area contributed by atoms with Crippen molar-refractivity contribution in [2.75, 3.05) is 24.5 Å². The largest absolute Gasteiger partial charge is 0.362 e. The molecule has 1 aliphatic rings. The van der Waals surface area contributed by atoms with Crippen LogP contribution in [0.4, 0.5) is 5.69 Å². The molecule has 5 nitrogen and oxygen atoms in total. The fourth-order valence-corrected chi connectivity index (χ4v) is 5.95. The molecule has 1 atom stereocenters. The Morgan fingerprint density at radius 2 is 1.49 bits per heavy atom. The van der Waals surface area contributed by atoms with Crippen molar-refractivity contribution in [1.29, 1.82) is 0 Å². The van der Waals surface area contributed by atoms with Crippen molar-refractivity contribution in [2.45, 2.75) is 22.4 Å². The summed E-state index contributed by atoms with van der Waals surface area (Å²) in [6.45, 7) is 3.04. The van der Waals surface area contributed by atoms with Gasteiger partial charge in [0.2, 0.25) is 9.84 Å². The van der Waals surface area contributed by atoms with Gasteiger partial charge in [-0.2, -0.15) is 0 Å². The quantitative estimate of drug-likeness (QED) is 0.412. The molecule has 1 unspecified atom stereocenters. The minimum atomic E-state index is -3.53. The Morgan fingerprint density at radius 1 is 0.800 bits per heavy atom. The van der Waals surface area contributed by atoms with Gasteiger partial charge in [-0.15, -0.1) is 0 Å². The molecule has 0 saturated carbocycles. The van der Waals surface area contributed by atoms with Gasteiger partial charge in [0.1, 0.15) is 0 Å². The fraction of sp³-hybridized carbons (Fsp3) is 0.172. The Morgan fingerprint density at radius 3 is 2.23 bits per heavy atom. The normalized spacial score (nSPS) is 16.3. The van der Waals surface area contributed by atoms with Crippen molar-refractivity contribution in [3.8, 4) is 11.1 Å². The molecule has 4 aromatic carbocycles. The Balaban J connectivity index is 1.44. The molecule has 3 N–H and O–H groups in total. The molecule has 0 aliphatic carbocycles. The second-order valence-corrected chi connectivity index (χ2v) is 10.7. The highest BCUT2D eigenvalue weighted by Crippen LogP contribution is 2.32. The maximum Gasteiger partial charge on any atom is 0.206 e. The molecule has 5 rings (SSSR count). The van der Waals surface area contributed by atoms with Gasteiger partial charge in [-0.25, -0.2) is 8.42 Å². The van der Waals surface area contributed by atoms with E-state index in [0.29, 0.717) is 16.3 Å². The Kier molecular flexibility index (Phi) is 6.68. The first kappa shape index (κ1) is 23.3. The zero-order valence-corrected chi connectivity index (χ0v) is 20.3. The second kappa shape index (κ2) is 10.0. The number of nitrogens with zero attached hydrogens (tertiary/aromatic N) is 1. The summed E-state index contributed by atoms with van der Waals surface area (Å²) in [7, 11) is -3.53. The number of nitrogens with two attached hydrogens (primary N) is 1. The Labute approximate surface area is 207 Å². The third-order valence-corrected chi connectivity index (χ3v) is 8.33. The lowest BCUT2D eigenvalue weighted by Gasteiger charge is -2.38. The van der Waals surface area contributed by atoms with Crippen LogP contribution in [-0.2, 0) is 16.4 Å². The summed E-state index contributed by atoms with van der Waals surface area (Å²) in [5.41, 5.74) is 11.5. The summed E-state index contributed by atoms with van der Waals surface area (Å²) in [4.78, 5) is 2.97. The van der Waals surface area contributed by atoms with Crippen molar-refractivity contribution in [2.24, 2.45) is 5.73 Å². The number of hydrogen-bond acceptors (Lipinski definition) is 5. The number of hydrogen-bond donors (Lipinski definition) is 2. The molecule has 0 amide bonds. The van der Waals surface area contributed by atoms with Gasteiger partial charge in [0, 0.05) is 31.9 Å². The van der Waals surface area contributed by atoms with Crippen molar-refractivity contribution >= 4 is 15.5 Å². The van der Waals surface area contributed by atoms with Crippen LogP contribution < -0.4 is 16.0 Å². The van der Waals surface area contributed by atoms with Crippen LogP contribution in [0.3, 0.4) is 0 Å². The van der Waals surface area contributed by atoms with E-state index in [-0.39, 0.29) is 6.04 Å². The average Bonchev–Trinajstić information content (AvgIpc) is 2.94. The summed E-state index contributed by atoms with van der Waals surface area (Å²) in [6, 6.07) is 32.9. The van der Waals surface area contributed by atoms with E-state index in [4.69, 9.17) is 5.73 Å². The highest BCUT2D eigenvalue weighted by Gasteiger charge is 2.25. The molecule has 178 valence electrons. The van der Waals surface area contributed by atoms with E-state index in [0.717, 1.165) is 42.0 Å². The van der Waals surface area contributed by atoms with Crippen molar-refractivity contribution < 1.29 is 8.42 Å². The first-order valence-corrected chi connectivity index (χ1v) is 13.3. The van der Waals surface area contributed by atoms with Crippen LogP contribution in [0.1, 0.15) is 17.2 Å². The summed E-state index contributed by atoms with van der Waals surface area (Å²) >= 11 is 0. The Bertz CT molecular complexity index is 1400. The van der Waals surface area contributed by atoms with Gasteiger partial charge in [-0.3, -0.25) is 0 Å². The number of piperazine rings is 1. The van der Waals surface area contributed by atoms with Crippen LogP contribution in [0, 0.1) is 0 Å². The molecule has 35 heavy (non-hydrogen) atoms. The minimum absolute atomic E-state index is 0.137. The predicted molar refractivity (Wildman–Crippen MR) is 141 cm³/mol. The van der Waals surface area contributed by atoms with Crippen LogP contribution in [0.15, 0.2) is 113 Å². The Hall–Kier alpha value is -3.45. The van der Waals surface area contributed by atoms with Gasteiger partial charge in [0.25, 0.3) is 0 Å². The van der Waals surface area contributed by atoms with Crippen molar-refractivity contribution in [3.63, 3.8) is 0 Å². The summed E-state index contributed by atoms with van der Waals surface area (Å²) < 4.78 is 26.0. The van der Waals surface area contributed by atoms with Gasteiger partial charge < -0.3 is 16.0 Å².